The van der Waals surface area contributed by atoms with Crippen LogP contribution in [0.4, 0.5) is 8.78 Å². The molecule has 128 valence electrons. The van der Waals surface area contributed by atoms with Crippen molar-refractivity contribution in [2.75, 3.05) is 6.26 Å². The zero-order valence-electron chi connectivity index (χ0n) is 12.8. The number of carboxylic acids is 1. The maximum Gasteiger partial charge on any atom is 0.336 e. The van der Waals surface area contributed by atoms with E-state index in [1.807, 2.05) is 0 Å². The molecule has 0 atom stereocenters. The van der Waals surface area contributed by atoms with Crippen molar-refractivity contribution in [3.63, 3.8) is 0 Å². The van der Waals surface area contributed by atoms with E-state index in [-0.39, 0.29) is 22.0 Å². The van der Waals surface area contributed by atoms with Crippen LogP contribution in [-0.4, -0.2) is 25.7 Å². The highest BCUT2D eigenvalue weighted by Crippen LogP contribution is 2.33. The summed E-state index contributed by atoms with van der Waals surface area (Å²) in [6, 6.07) is 4.80. The minimum atomic E-state index is -3.84. The summed E-state index contributed by atoms with van der Waals surface area (Å²) < 4.78 is 55.9. The largest absolute Gasteiger partial charge is 0.478 e. The lowest BCUT2D eigenvalue weighted by Crippen LogP contribution is -2.08. The van der Waals surface area contributed by atoms with Crippen molar-refractivity contribution in [3.05, 3.63) is 53.1 Å². The number of benzene rings is 2. The zero-order valence-corrected chi connectivity index (χ0v) is 13.7. The van der Waals surface area contributed by atoms with Gasteiger partial charge in [-0.2, -0.15) is 0 Å². The Kier molecular flexibility index (Phi) is 4.88. The molecule has 0 bridgehead atoms. The molecule has 0 saturated heterocycles. The first-order valence-corrected chi connectivity index (χ1v) is 8.75. The van der Waals surface area contributed by atoms with Crippen molar-refractivity contribution in [1.82, 2.24) is 0 Å². The number of sulfone groups is 1. The molecule has 2 aromatic rings. The van der Waals surface area contributed by atoms with Gasteiger partial charge >= 0.3 is 5.97 Å². The van der Waals surface area contributed by atoms with E-state index >= 15 is 0 Å². The van der Waals surface area contributed by atoms with Crippen LogP contribution in [0.1, 0.15) is 22.8 Å². The van der Waals surface area contributed by atoms with Gasteiger partial charge in [-0.3, -0.25) is 0 Å². The number of aromatic carboxylic acids is 1. The fourth-order valence-electron chi connectivity index (χ4n) is 2.14. The Labute approximate surface area is 137 Å². The molecule has 0 aliphatic carbocycles. The van der Waals surface area contributed by atoms with Gasteiger partial charge in [0.1, 0.15) is 16.5 Å². The molecule has 0 aliphatic rings. The fraction of sp³-hybridized carbons (Fsp3) is 0.188. The summed E-state index contributed by atoms with van der Waals surface area (Å²) in [5, 5.41) is 9.20. The van der Waals surface area contributed by atoms with Crippen molar-refractivity contribution in [2.24, 2.45) is 0 Å². The first kappa shape index (κ1) is 17.9. The molecule has 2 aromatic carbocycles. The van der Waals surface area contributed by atoms with Crippen LogP contribution in [0, 0.1) is 11.6 Å². The molecule has 0 spiro atoms. The number of halogens is 2. The second-order valence-electron chi connectivity index (χ2n) is 5.06. The molecule has 5 nitrogen and oxygen atoms in total. The van der Waals surface area contributed by atoms with Crippen molar-refractivity contribution in [1.29, 1.82) is 0 Å². The van der Waals surface area contributed by atoms with Gasteiger partial charge in [-0.05, 0) is 36.2 Å². The summed E-state index contributed by atoms with van der Waals surface area (Å²) in [5.41, 5.74) is 0.150. The number of ether oxygens (including phenoxy) is 1. The van der Waals surface area contributed by atoms with Gasteiger partial charge in [-0.25, -0.2) is 22.0 Å². The molecule has 2 rings (SSSR count). The van der Waals surface area contributed by atoms with Crippen LogP contribution in [0.2, 0.25) is 0 Å². The Morgan fingerprint density at radius 3 is 2.33 bits per heavy atom. The van der Waals surface area contributed by atoms with Crippen LogP contribution >= 0.6 is 0 Å². The third kappa shape index (κ3) is 3.70. The molecule has 0 fully saturated rings. The lowest BCUT2D eigenvalue weighted by molar-refractivity contribution is 0.0695. The van der Waals surface area contributed by atoms with E-state index in [0.29, 0.717) is 18.1 Å². The molecule has 1 N–H and O–H groups in total. The highest BCUT2D eigenvalue weighted by Gasteiger charge is 2.22. The average Bonchev–Trinajstić information content (AvgIpc) is 2.48. The lowest BCUT2D eigenvalue weighted by atomic mass is 10.0. The normalized spacial score (nSPS) is 11.3. The third-order valence-electron chi connectivity index (χ3n) is 3.29. The van der Waals surface area contributed by atoms with Crippen LogP contribution in [0.25, 0.3) is 0 Å². The highest BCUT2D eigenvalue weighted by molar-refractivity contribution is 7.90. The minimum absolute atomic E-state index is 0.176. The molecular weight excluding hydrogens is 342 g/mol. The van der Waals surface area contributed by atoms with Gasteiger partial charge in [0, 0.05) is 12.3 Å². The van der Waals surface area contributed by atoms with Gasteiger partial charge in [0.2, 0.25) is 0 Å². The Morgan fingerprint density at radius 1 is 1.17 bits per heavy atom. The van der Waals surface area contributed by atoms with E-state index in [4.69, 9.17) is 4.74 Å². The predicted molar refractivity (Wildman–Crippen MR) is 82.3 cm³/mol. The number of carbonyl (C=O) groups is 1. The number of hydrogen-bond donors (Lipinski definition) is 1. The first-order chi connectivity index (χ1) is 11.1. The van der Waals surface area contributed by atoms with Gasteiger partial charge in [0.05, 0.1) is 5.56 Å². The standard InChI is InChI=1S/C16H14F2O5S/c1-3-9-6-14(23-13-5-4-10(17)7-12(13)18)15(24(2,21)22)8-11(9)16(19)20/h4-8H,3H2,1-2H3,(H,19,20). The van der Waals surface area contributed by atoms with Crippen LogP contribution in [-0.2, 0) is 16.3 Å². The Balaban J connectivity index is 2.65. The fourth-order valence-corrected chi connectivity index (χ4v) is 2.94. The van der Waals surface area contributed by atoms with E-state index < -0.39 is 27.4 Å². The van der Waals surface area contributed by atoms with Crippen molar-refractivity contribution >= 4 is 15.8 Å². The number of hydrogen-bond acceptors (Lipinski definition) is 4. The van der Waals surface area contributed by atoms with E-state index in [1.54, 1.807) is 6.92 Å². The molecule has 24 heavy (non-hydrogen) atoms. The Hall–Kier alpha value is -2.48. The molecule has 0 unspecified atom stereocenters. The lowest BCUT2D eigenvalue weighted by Gasteiger charge is -2.14. The average molecular weight is 356 g/mol. The molecule has 0 saturated carbocycles. The quantitative estimate of drug-likeness (QED) is 0.888. The number of rotatable bonds is 5. The summed E-state index contributed by atoms with van der Waals surface area (Å²) in [6.45, 7) is 1.68. The highest BCUT2D eigenvalue weighted by atomic mass is 32.2. The van der Waals surface area contributed by atoms with E-state index in [2.05, 4.69) is 0 Å². The summed E-state index contributed by atoms with van der Waals surface area (Å²) >= 11 is 0. The van der Waals surface area contributed by atoms with Crippen molar-refractivity contribution < 1.29 is 31.8 Å². The molecule has 0 heterocycles. The van der Waals surface area contributed by atoms with Crippen LogP contribution in [0.3, 0.4) is 0 Å². The van der Waals surface area contributed by atoms with Crippen molar-refractivity contribution in [3.8, 4) is 11.5 Å². The zero-order chi connectivity index (χ0) is 18.1. The van der Waals surface area contributed by atoms with E-state index in [1.165, 1.54) is 6.07 Å². The Morgan fingerprint density at radius 2 is 1.83 bits per heavy atom. The molecule has 0 radical (unpaired) electrons. The van der Waals surface area contributed by atoms with Gasteiger partial charge in [-0.15, -0.1) is 0 Å². The number of aryl methyl sites for hydroxylation is 1. The first-order valence-electron chi connectivity index (χ1n) is 6.86. The topological polar surface area (TPSA) is 80.7 Å². The van der Waals surface area contributed by atoms with Gasteiger partial charge < -0.3 is 9.84 Å². The van der Waals surface area contributed by atoms with Crippen molar-refractivity contribution in [2.45, 2.75) is 18.2 Å². The maximum atomic E-state index is 13.7. The van der Waals surface area contributed by atoms with Crippen LogP contribution in [0.5, 0.6) is 11.5 Å². The summed E-state index contributed by atoms with van der Waals surface area (Å²) in [7, 11) is -3.84. The van der Waals surface area contributed by atoms with Gasteiger partial charge in [-0.1, -0.05) is 6.92 Å². The smallest absolute Gasteiger partial charge is 0.336 e. The Bertz CT molecular complexity index is 907. The molecule has 0 amide bonds. The van der Waals surface area contributed by atoms with E-state index in [0.717, 1.165) is 24.5 Å². The summed E-state index contributed by atoms with van der Waals surface area (Å²) in [6.07, 6.45) is 1.18. The molecule has 8 heteroatoms. The monoisotopic (exact) mass is 356 g/mol. The van der Waals surface area contributed by atoms with Gasteiger partial charge in [0.25, 0.3) is 0 Å². The second kappa shape index (κ2) is 6.56. The van der Waals surface area contributed by atoms with E-state index in [9.17, 15) is 27.1 Å². The predicted octanol–water partition coefficient (Wildman–Crippen LogP) is 3.42. The molecule has 0 aromatic heterocycles. The summed E-state index contributed by atoms with van der Waals surface area (Å²) in [4.78, 5) is 10.9. The van der Waals surface area contributed by atoms with Gasteiger partial charge in [0.15, 0.2) is 21.4 Å². The summed E-state index contributed by atoms with van der Waals surface area (Å²) in [5.74, 6) is -3.68. The SMILES string of the molecule is CCc1cc(Oc2ccc(F)cc2F)c(S(C)(=O)=O)cc1C(=O)O. The second-order valence-corrected chi connectivity index (χ2v) is 7.05. The number of carboxylic acid groups (broad SMARTS) is 1. The van der Waals surface area contributed by atoms with Crippen LogP contribution < -0.4 is 4.74 Å². The van der Waals surface area contributed by atoms with Crippen LogP contribution in [0.15, 0.2) is 35.2 Å². The maximum absolute atomic E-state index is 13.7. The third-order valence-corrected chi connectivity index (χ3v) is 4.41. The molecular formula is C16H14F2O5S. The molecule has 0 aliphatic heterocycles. The minimum Gasteiger partial charge on any atom is -0.478 e.